The zero-order valence-electron chi connectivity index (χ0n) is 17.6. The molecule has 3 heterocycles. The molecule has 0 spiro atoms. The third-order valence-corrected chi connectivity index (χ3v) is 5.36. The number of carbonyl (C=O) groups is 2. The van der Waals surface area contributed by atoms with Crippen LogP contribution in [0.2, 0.25) is 0 Å². The number of benzene rings is 1. The van der Waals surface area contributed by atoms with Crippen molar-refractivity contribution < 1.29 is 9.59 Å². The molecule has 1 aliphatic rings. The first-order chi connectivity index (χ1) is 15.2. The molecule has 10 heteroatoms. The lowest BCUT2D eigenvalue weighted by Gasteiger charge is -2.25. The Bertz CT molecular complexity index is 1040. The zero-order valence-corrected chi connectivity index (χ0v) is 17.6. The Morgan fingerprint density at radius 1 is 1.19 bits per heavy atom. The number of fused-ring (bicyclic) bond motifs is 1. The number of nitrogens with one attached hydrogen (secondary N) is 5. The fraction of sp³-hybridized carbons (Fsp3) is 0.429. The van der Waals surface area contributed by atoms with Crippen molar-refractivity contribution in [1.82, 2.24) is 36.1 Å². The first kappa shape index (κ1) is 20.9. The van der Waals surface area contributed by atoms with Crippen molar-refractivity contribution in [2.24, 2.45) is 0 Å². The standard InChI is InChI=1S/C21H28N8O2/c1-2-3-8-17(30)24-18(15-13-23-16-7-5-4-6-14(15)16)25-20(31)19-26-21(28-27-19)29-11-9-22-10-12-29/h4-7,13,18,22-23H,2-3,8-12H2,1H3,(H,24,30)(H,25,31)(H,26,27,28). The van der Waals surface area contributed by atoms with Crippen molar-refractivity contribution in [3.63, 3.8) is 0 Å². The minimum atomic E-state index is -0.694. The van der Waals surface area contributed by atoms with Crippen LogP contribution < -0.4 is 20.9 Å². The van der Waals surface area contributed by atoms with Gasteiger partial charge in [-0.2, -0.15) is 4.98 Å². The van der Waals surface area contributed by atoms with Crippen LogP contribution in [0.4, 0.5) is 5.95 Å². The van der Waals surface area contributed by atoms with E-state index in [1.807, 2.05) is 42.3 Å². The minimum absolute atomic E-state index is 0.112. The molecular weight excluding hydrogens is 396 g/mol. The highest BCUT2D eigenvalue weighted by atomic mass is 16.2. The fourth-order valence-corrected chi connectivity index (χ4v) is 3.66. The average molecular weight is 425 g/mol. The van der Waals surface area contributed by atoms with Crippen molar-refractivity contribution in [3.05, 3.63) is 41.9 Å². The summed E-state index contributed by atoms with van der Waals surface area (Å²) in [5.41, 5.74) is 1.72. The number of para-hydroxylation sites is 1. The summed E-state index contributed by atoms with van der Waals surface area (Å²) < 4.78 is 0. The molecule has 1 saturated heterocycles. The summed E-state index contributed by atoms with van der Waals surface area (Å²) in [7, 11) is 0. The van der Waals surface area contributed by atoms with Crippen molar-refractivity contribution >= 4 is 28.7 Å². The molecule has 0 radical (unpaired) electrons. The second kappa shape index (κ2) is 9.61. The number of aromatic nitrogens is 4. The number of aromatic amines is 2. The van der Waals surface area contributed by atoms with E-state index in [9.17, 15) is 9.59 Å². The predicted octanol–water partition coefficient (Wildman–Crippen LogP) is 1.43. The minimum Gasteiger partial charge on any atom is -0.361 e. The number of unbranched alkanes of at least 4 members (excludes halogenated alkanes) is 1. The van der Waals surface area contributed by atoms with Crippen LogP contribution in [0, 0.1) is 0 Å². The number of carbonyl (C=O) groups excluding carboxylic acids is 2. The largest absolute Gasteiger partial charge is 0.361 e. The van der Waals surface area contributed by atoms with Gasteiger partial charge in [0.25, 0.3) is 5.91 Å². The van der Waals surface area contributed by atoms with Gasteiger partial charge in [0.15, 0.2) is 0 Å². The van der Waals surface area contributed by atoms with E-state index in [0.717, 1.165) is 55.5 Å². The second-order valence-corrected chi connectivity index (χ2v) is 7.59. The first-order valence-electron chi connectivity index (χ1n) is 10.7. The Morgan fingerprint density at radius 3 is 2.81 bits per heavy atom. The van der Waals surface area contributed by atoms with Crippen LogP contribution in [0.3, 0.4) is 0 Å². The smallest absolute Gasteiger partial charge is 0.290 e. The molecule has 31 heavy (non-hydrogen) atoms. The normalized spacial score (nSPS) is 15.1. The predicted molar refractivity (Wildman–Crippen MR) is 118 cm³/mol. The number of nitrogens with zero attached hydrogens (tertiary/aromatic N) is 3. The molecule has 0 saturated carbocycles. The first-order valence-corrected chi connectivity index (χ1v) is 10.7. The molecule has 2 amide bonds. The lowest BCUT2D eigenvalue weighted by atomic mass is 10.1. The Hall–Kier alpha value is -3.40. The van der Waals surface area contributed by atoms with E-state index in [1.54, 1.807) is 0 Å². The van der Waals surface area contributed by atoms with Crippen molar-refractivity contribution in [2.75, 3.05) is 31.1 Å². The zero-order chi connectivity index (χ0) is 21.6. The van der Waals surface area contributed by atoms with E-state index in [1.165, 1.54) is 0 Å². The van der Waals surface area contributed by atoms with Crippen LogP contribution in [0.5, 0.6) is 0 Å². The van der Waals surface area contributed by atoms with Gasteiger partial charge in [0.1, 0.15) is 6.17 Å². The Balaban J connectivity index is 1.53. The molecule has 0 bridgehead atoms. The maximum Gasteiger partial charge on any atom is 0.290 e. The molecule has 1 unspecified atom stereocenters. The lowest BCUT2D eigenvalue weighted by Crippen LogP contribution is -2.44. The summed E-state index contributed by atoms with van der Waals surface area (Å²) in [6.07, 6.45) is 3.23. The quantitative estimate of drug-likeness (QED) is 0.348. The molecule has 1 aromatic carbocycles. The highest BCUT2D eigenvalue weighted by molar-refractivity contribution is 5.92. The van der Waals surface area contributed by atoms with Gasteiger partial charge in [0.2, 0.25) is 17.7 Å². The van der Waals surface area contributed by atoms with Crippen LogP contribution in [-0.2, 0) is 4.79 Å². The number of anilines is 1. The summed E-state index contributed by atoms with van der Waals surface area (Å²) in [6.45, 7) is 5.30. The van der Waals surface area contributed by atoms with Crippen molar-refractivity contribution in [3.8, 4) is 0 Å². The Kier molecular flexibility index (Phi) is 6.46. The van der Waals surface area contributed by atoms with Crippen molar-refractivity contribution in [1.29, 1.82) is 0 Å². The van der Waals surface area contributed by atoms with Crippen LogP contribution in [-0.4, -0.2) is 58.2 Å². The van der Waals surface area contributed by atoms with Gasteiger partial charge in [-0.1, -0.05) is 31.5 Å². The number of amides is 2. The van der Waals surface area contributed by atoms with E-state index in [-0.39, 0.29) is 11.7 Å². The van der Waals surface area contributed by atoms with Crippen molar-refractivity contribution in [2.45, 2.75) is 32.4 Å². The summed E-state index contributed by atoms with van der Waals surface area (Å²) in [5.74, 6) is 0.0694. The fourth-order valence-electron chi connectivity index (χ4n) is 3.66. The molecule has 4 rings (SSSR count). The Labute approximate surface area is 180 Å². The molecule has 0 aliphatic carbocycles. The molecule has 5 N–H and O–H groups in total. The SMILES string of the molecule is CCCCC(=O)NC(NC(=O)c1nc(N2CCNCC2)n[nH]1)c1c[nH]c2ccccc12. The maximum atomic E-state index is 12.9. The van der Waals surface area contributed by atoms with Crippen LogP contribution in [0.15, 0.2) is 30.5 Å². The highest BCUT2D eigenvalue weighted by Gasteiger charge is 2.24. The van der Waals surface area contributed by atoms with Gasteiger partial charge in [0.05, 0.1) is 0 Å². The maximum absolute atomic E-state index is 12.9. The number of piperazine rings is 1. The molecule has 1 atom stereocenters. The van der Waals surface area contributed by atoms with Gasteiger partial charge in [-0.3, -0.25) is 14.7 Å². The number of hydrogen-bond acceptors (Lipinski definition) is 6. The molecule has 164 valence electrons. The average Bonchev–Trinajstić information content (AvgIpc) is 3.45. The van der Waals surface area contributed by atoms with Gasteiger partial charge < -0.3 is 25.8 Å². The van der Waals surface area contributed by atoms with Crippen LogP contribution in [0.25, 0.3) is 10.9 Å². The summed E-state index contributed by atoms with van der Waals surface area (Å²) in [6, 6.07) is 7.76. The third-order valence-electron chi connectivity index (χ3n) is 5.36. The van der Waals surface area contributed by atoms with Gasteiger partial charge in [-0.15, -0.1) is 5.10 Å². The van der Waals surface area contributed by atoms with E-state index >= 15 is 0 Å². The lowest BCUT2D eigenvalue weighted by molar-refractivity contribution is -0.122. The van der Waals surface area contributed by atoms with Crippen LogP contribution in [0.1, 0.15) is 48.5 Å². The molecule has 1 fully saturated rings. The number of hydrogen-bond donors (Lipinski definition) is 5. The van der Waals surface area contributed by atoms with Crippen LogP contribution >= 0.6 is 0 Å². The topological polar surface area (TPSA) is 131 Å². The monoisotopic (exact) mass is 424 g/mol. The van der Waals surface area contributed by atoms with Gasteiger partial charge in [0, 0.05) is 55.3 Å². The second-order valence-electron chi connectivity index (χ2n) is 7.59. The molecule has 1 aliphatic heterocycles. The third kappa shape index (κ3) is 4.85. The molecule has 2 aromatic heterocycles. The summed E-state index contributed by atoms with van der Waals surface area (Å²) >= 11 is 0. The molecule has 10 nitrogen and oxygen atoms in total. The van der Waals surface area contributed by atoms with E-state index in [0.29, 0.717) is 12.4 Å². The Morgan fingerprint density at radius 2 is 2.00 bits per heavy atom. The molecule has 3 aromatic rings. The van der Waals surface area contributed by atoms with E-state index in [4.69, 9.17) is 0 Å². The highest BCUT2D eigenvalue weighted by Crippen LogP contribution is 2.23. The number of rotatable bonds is 8. The van der Waals surface area contributed by atoms with E-state index < -0.39 is 12.1 Å². The molecular formula is C21H28N8O2. The van der Waals surface area contributed by atoms with Gasteiger partial charge >= 0.3 is 0 Å². The van der Waals surface area contributed by atoms with Gasteiger partial charge in [-0.25, -0.2) is 0 Å². The summed E-state index contributed by atoms with van der Waals surface area (Å²) in [4.78, 5) is 35.0. The summed E-state index contributed by atoms with van der Waals surface area (Å²) in [5, 5.41) is 17.0. The van der Waals surface area contributed by atoms with E-state index in [2.05, 4.69) is 36.1 Å². The van der Waals surface area contributed by atoms with Gasteiger partial charge in [-0.05, 0) is 12.5 Å². The number of H-pyrrole nitrogens is 2.